The van der Waals surface area contributed by atoms with Crippen molar-refractivity contribution in [2.75, 3.05) is 13.1 Å². The van der Waals surface area contributed by atoms with E-state index in [1.807, 2.05) is 30.3 Å². The van der Waals surface area contributed by atoms with Crippen molar-refractivity contribution in [3.8, 4) is 0 Å². The van der Waals surface area contributed by atoms with Gasteiger partial charge in [-0.2, -0.15) is 0 Å². The van der Waals surface area contributed by atoms with Gasteiger partial charge in [0.25, 0.3) is 5.91 Å². The fourth-order valence-corrected chi connectivity index (χ4v) is 7.51. The summed E-state index contributed by atoms with van der Waals surface area (Å²) in [7, 11) is 0. The van der Waals surface area contributed by atoms with Gasteiger partial charge in [-0.05, 0) is 75.2 Å². The van der Waals surface area contributed by atoms with Crippen LogP contribution in [0.3, 0.4) is 0 Å². The fourth-order valence-electron chi connectivity index (χ4n) is 7.51. The van der Waals surface area contributed by atoms with Crippen molar-refractivity contribution in [1.29, 1.82) is 0 Å². The van der Waals surface area contributed by atoms with Gasteiger partial charge in [-0.3, -0.25) is 24.0 Å². The predicted octanol–water partition coefficient (Wildman–Crippen LogP) is 3.79. The number of benzene rings is 1. The van der Waals surface area contributed by atoms with Crippen LogP contribution in [-0.4, -0.2) is 77.2 Å². The largest absolute Gasteiger partial charge is 0.444 e. The number of ketones is 1. The number of piperidine rings is 1. The third-order valence-electron chi connectivity index (χ3n) is 10.3. The zero-order chi connectivity index (χ0) is 36.6. The quantitative estimate of drug-likeness (QED) is 0.161. The molecule has 0 aromatic heterocycles. The van der Waals surface area contributed by atoms with Crippen molar-refractivity contribution >= 4 is 35.5 Å². The van der Waals surface area contributed by atoms with E-state index in [1.165, 1.54) is 0 Å². The lowest BCUT2D eigenvalue weighted by molar-refractivity contribution is -0.145. The molecular weight excluding hydrogens is 638 g/mol. The Morgan fingerprint density at radius 1 is 1.00 bits per heavy atom. The van der Waals surface area contributed by atoms with Crippen molar-refractivity contribution < 1.29 is 33.5 Å². The number of carbonyl (C=O) groups is 6. The second-order valence-corrected chi connectivity index (χ2v) is 15.5. The van der Waals surface area contributed by atoms with E-state index in [9.17, 15) is 28.8 Å². The van der Waals surface area contributed by atoms with E-state index in [2.05, 4.69) is 41.7 Å². The van der Waals surface area contributed by atoms with Crippen LogP contribution < -0.4 is 21.3 Å². The van der Waals surface area contributed by atoms with Crippen molar-refractivity contribution in [2.45, 2.75) is 116 Å². The molecular formula is C38H55N5O7. The summed E-state index contributed by atoms with van der Waals surface area (Å²) in [6.45, 7) is 13.8. The number of Topliss-reactive ketones (excluding diaryl/α,β-unsaturated/α-hetero) is 1. The van der Waals surface area contributed by atoms with Crippen LogP contribution in [0.1, 0.15) is 91.5 Å². The Hall–Kier alpha value is -4.22. The lowest BCUT2D eigenvalue weighted by atomic mass is 9.83. The summed E-state index contributed by atoms with van der Waals surface area (Å²) >= 11 is 0. The standard InChI is InChI=1S/C38H55N5O7/c1-7-8-19-27(32(45)34(47)39-21-20-28(44)40-22-24-15-11-9-12-16-24)41-33(46)31-29-26(38(29,5)6)23-43(31)35(48)30(25-17-13-10-14-18-25)42-36(49)50-37(2,3)4/h7,9,11-12,15-16,25-27,29-31H,1,8,10,13-14,17-23H2,2-6H3,(H,39,47)(H,40,44)(H,41,46)(H,42,49). The maximum absolute atomic E-state index is 14.3. The zero-order valence-electron chi connectivity index (χ0n) is 30.2. The molecule has 1 aromatic rings. The average Bonchev–Trinajstić information content (AvgIpc) is 3.38. The summed E-state index contributed by atoms with van der Waals surface area (Å²) in [5.41, 5.74) is -0.00953. The number of alkyl carbamates (subject to hydrolysis) is 1. The lowest BCUT2D eigenvalue weighted by Gasteiger charge is -2.37. The maximum Gasteiger partial charge on any atom is 0.408 e. The van der Waals surface area contributed by atoms with Gasteiger partial charge in [-0.1, -0.05) is 69.5 Å². The highest BCUT2D eigenvalue weighted by Crippen LogP contribution is 2.65. The van der Waals surface area contributed by atoms with Gasteiger partial charge < -0.3 is 30.9 Å². The minimum Gasteiger partial charge on any atom is -0.444 e. The number of allylic oxidation sites excluding steroid dienone is 1. The van der Waals surface area contributed by atoms with Gasteiger partial charge in [0.05, 0.1) is 6.04 Å². The Morgan fingerprint density at radius 2 is 1.68 bits per heavy atom. The highest BCUT2D eigenvalue weighted by Gasteiger charge is 2.69. The van der Waals surface area contributed by atoms with Crippen LogP contribution in [0.5, 0.6) is 0 Å². The van der Waals surface area contributed by atoms with Gasteiger partial charge in [0.2, 0.25) is 23.5 Å². The molecule has 274 valence electrons. The van der Waals surface area contributed by atoms with Crippen molar-refractivity contribution in [3.63, 3.8) is 0 Å². The van der Waals surface area contributed by atoms with Gasteiger partial charge in [-0.25, -0.2) is 4.79 Å². The van der Waals surface area contributed by atoms with Gasteiger partial charge in [0, 0.05) is 26.1 Å². The topological polar surface area (TPSA) is 163 Å². The number of fused-ring (bicyclic) bond motifs is 1. The van der Waals surface area contributed by atoms with Gasteiger partial charge in [0.1, 0.15) is 17.7 Å². The molecule has 1 aliphatic heterocycles. The van der Waals surface area contributed by atoms with Crippen LogP contribution in [0.15, 0.2) is 43.0 Å². The number of nitrogens with zero attached hydrogens (tertiary/aromatic N) is 1. The molecule has 5 amide bonds. The molecule has 5 atom stereocenters. The minimum absolute atomic E-state index is 0.0215. The van der Waals surface area contributed by atoms with E-state index in [0.29, 0.717) is 19.5 Å². The van der Waals surface area contributed by atoms with E-state index in [-0.39, 0.29) is 54.4 Å². The highest BCUT2D eigenvalue weighted by atomic mass is 16.6. The number of ether oxygens (including phenoxy) is 1. The molecule has 1 saturated heterocycles. The first-order valence-corrected chi connectivity index (χ1v) is 18.0. The number of nitrogens with one attached hydrogen (secondary N) is 4. The first kappa shape index (κ1) is 38.6. The number of hydrogen-bond donors (Lipinski definition) is 4. The molecule has 5 unspecified atom stereocenters. The molecule has 0 bridgehead atoms. The molecule has 1 aromatic carbocycles. The lowest BCUT2D eigenvalue weighted by Crippen LogP contribution is -2.59. The van der Waals surface area contributed by atoms with E-state index >= 15 is 0 Å². The Morgan fingerprint density at radius 3 is 2.32 bits per heavy atom. The summed E-state index contributed by atoms with van der Waals surface area (Å²) in [5.74, 6) is -3.01. The molecule has 4 N–H and O–H groups in total. The predicted molar refractivity (Wildman–Crippen MR) is 188 cm³/mol. The smallest absolute Gasteiger partial charge is 0.408 e. The highest BCUT2D eigenvalue weighted by molar-refractivity contribution is 6.38. The van der Waals surface area contributed by atoms with Crippen molar-refractivity contribution in [1.82, 2.24) is 26.2 Å². The van der Waals surface area contributed by atoms with Crippen LogP contribution in [-0.2, 0) is 35.3 Å². The fraction of sp³-hybridized carbons (Fsp3) is 0.632. The molecule has 50 heavy (non-hydrogen) atoms. The van der Waals surface area contributed by atoms with E-state index in [0.717, 1.165) is 37.7 Å². The number of hydrogen-bond acceptors (Lipinski definition) is 7. The van der Waals surface area contributed by atoms with Gasteiger partial charge in [-0.15, -0.1) is 6.58 Å². The van der Waals surface area contributed by atoms with E-state index < -0.39 is 47.4 Å². The Bertz CT molecular complexity index is 1420. The van der Waals surface area contributed by atoms with Crippen LogP contribution in [0.25, 0.3) is 0 Å². The normalized spacial score (nSPS) is 22.3. The molecule has 3 fully saturated rings. The number of carbonyl (C=O) groups excluding carboxylic acids is 6. The number of rotatable bonds is 15. The first-order chi connectivity index (χ1) is 23.6. The molecule has 3 aliphatic rings. The molecule has 1 heterocycles. The van der Waals surface area contributed by atoms with Crippen LogP contribution in [0.2, 0.25) is 0 Å². The molecule has 0 radical (unpaired) electrons. The van der Waals surface area contributed by atoms with E-state index in [4.69, 9.17) is 4.74 Å². The molecule has 12 heteroatoms. The number of likely N-dealkylation sites (tertiary alicyclic amines) is 1. The molecule has 0 spiro atoms. The first-order valence-electron chi connectivity index (χ1n) is 18.0. The monoisotopic (exact) mass is 693 g/mol. The summed E-state index contributed by atoms with van der Waals surface area (Å²) in [5, 5.41) is 10.9. The Balaban J connectivity index is 1.43. The van der Waals surface area contributed by atoms with Crippen molar-refractivity contribution in [3.05, 3.63) is 48.6 Å². The second kappa shape index (κ2) is 16.7. The SMILES string of the molecule is C=CCCC(NC(=O)C1C2C(CN1C(=O)C(NC(=O)OC(C)(C)C)C1CCCCC1)C2(C)C)C(=O)C(=O)NCCC(=O)NCc1ccccc1. The molecule has 2 aliphatic carbocycles. The van der Waals surface area contributed by atoms with Gasteiger partial charge in [0.15, 0.2) is 0 Å². The molecule has 4 rings (SSSR count). The third-order valence-corrected chi connectivity index (χ3v) is 10.3. The summed E-state index contributed by atoms with van der Waals surface area (Å²) in [4.78, 5) is 81.5. The van der Waals surface area contributed by atoms with Crippen LogP contribution in [0, 0.1) is 23.2 Å². The summed E-state index contributed by atoms with van der Waals surface area (Å²) < 4.78 is 5.51. The average molecular weight is 694 g/mol. The van der Waals surface area contributed by atoms with Gasteiger partial charge >= 0.3 is 6.09 Å². The van der Waals surface area contributed by atoms with Crippen molar-refractivity contribution in [2.24, 2.45) is 23.2 Å². The Labute approximate surface area is 295 Å². The summed E-state index contributed by atoms with van der Waals surface area (Å²) in [6, 6.07) is 6.53. The molecule has 12 nitrogen and oxygen atoms in total. The second-order valence-electron chi connectivity index (χ2n) is 15.5. The maximum atomic E-state index is 14.3. The Kier molecular flexibility index (Phi) is 12.9. The minimum atomic E-state index is -1.15. The zero-order valence-corrected chi connectivity index (χ0v) is 30.2. The third kappa shape index (κ3) is 9.94. The summed E-state index contributed by atoms with van der Waals surface area (Å²) in [6.07, 6.45) is 5.90. The number of amides is 5. The molecule has 2 saturated carbocycles. The van der Waals surface area contributed by atoms with E-state index in [1.54, 1.807) is 31.7 Å². The van der Waals surface area contributed by atoms with Crippen LogP contribution >= 0.6 is 0 Å². The van der Waals surface area contributed by atoms with Crippen LogP contribution in [0.4, 0.5) is 4.79 Å².